The summed E-state index contributed by atoms with van der Waals surface area (Å²) < 4.78 is 0. The summed E-state index contributed by atoms with van der Waals surface area (Å²) >= 11 is 0. The number of hydrogen-bond acceptors (Lipinski definition) is 6. The SMILES string of the molecule is C=C(N/C(=C/N)N=CC)N1CCCN(C)c2c(C)cc(-c3cccc(C)c3)nc21. The molecule has 1 aromatic carbocycles. The zero-order valence-electron chi connectivity index (χ0n) is 17.7. The summed E-state index contributed by atoms with van der Waals surface area (Å²) in [6.45, 7) is 12.1. The third-order valence-corrected chi connectivity index (χ3v) is 5.02. The van der Waals surface area contributed by atoms with Crippen molar-refractivity contribution >= 4 is 17.7 Å². The van der Waals surface area contributed by atoms with Gasteiger partial charge >= 0.3 is 0 Å². The molecule has 0 bridgehead atoms. The molecule has 0 radical (unpaired) electrons. The van der Waals surface area contributed by atoms with Crippen LogP contribution >= 0.6 is 0 Å². The third kappa shape index (κ3) is 4.42. The summed E-state index contributed by atoms with van der Waals surface area (Å²) in [5, 5.41) is 3.22. The standard InChI is InChI=1S/C23H30N6/c1-6-25-21(15-24)26-18(4)29-12-8-11-28(5)22-17(3)14-20(27-23(22)29)19-10-7-9-16(2)13-19/h6-7,9-10,13-15,26H,4,8,11-12,24H2,1-3,5H3/b21-15+,25-6?. The molecule has 152 valence electrons. The van der Waals surface area contributed by atoms with E-state index in [2.05, 4.69) is 77.9 Å². The fraction of sp³-hybridized carbons (Fsp3) is 0.304. The van der Waals surface area contributed by atoms with Gasteiger partial charge in [0.25, 0.3) is 0 Å². The molecule has 1 aromatic heterocycles. The van der Waals surface area contributed by atoms with E-state index in [0.717, 1.165) is 42.3 Å². The lowest BCUT2D eigenvalue weighted by Gasteiger charge is -2.28. The molecule has 6 nitrogen and oxygen atoms in total. The van der Waals surface area contributed by atoms with Crippen LogP contribution in [0, 0.1) is 13.8 Å². The van der Waals surface area contributed by atoms with Gasteiger partial charge in [0.1, 0.15) is 11.6 Å². The van der Waals surface area contributed by atoms with Crippen LogP contribution in [0.15, 0.2) is 59.7 Å². The van der Waals surface area contributed by atoms with Gasteiger partial charge in [-0.05, 0) is 44.9 Å². The van der Waals surface area contributed by atoms with Crippen molar-refractivity contribution in [2.24, 2.45) is 10.7 Å². The van der Waals surface area contributed by atoms with Gasteiger partial charge < -0.3 is 20.9 Å². The van der Waals surface area contributed by atoms with E-state index in [-0.39, 0.29) is 0 Å². The largest absolute Gasteiger partial charge is 0.402 e. The highest BCUT2D eigenvalue weighted by Crippen LogP contribution is 2.37. The minimum absolute atomic E-state index is 0.559. The number of rotatable bonds is 5. The van der Waals surface area contributed by atoms with Gasteiger partial charge in [0.2, 0.25) is 0 Å². The Balaban J connectivity index is 2.08. The number of aromatic nitrogens is 1. The monoisotopic (exact) mass is 390 g/mol. The molecule has 3 rings (SSSR count). The Morgan fingerprint density at radius 1 is 1.28 bits per heavy atom. The molecule has 0 amide bonds. The first-order valence-corrected chi connectivity index (χ1v) is 9.88. The highest BCUT2D eigenvalue weighted by atomic mass is 15.3. The Hall–Kier alpha value is -3.28. The molecule has 1 aliphatic heterocycles. The van der Waals surface area contributed by atoms with E-state index >= 15 is 0 Å². The van der Waals surface area contributed by atoms with Crippen molar-refractivity contribution in [3.63, 3.8) is 0 Å². The van der Waals surface area contributed by atoms with Crippen molar-refractivity contribution in [1.29, 1.82) is 0 Å². The predicted molar refractivity (Wildman–Crippen MR) is 123 cm³/mol. The molecule has 3 N–H and O–H groups in total. The maximum Gasteiger partial charge on any atom is 0.158 e. The minimum Gasteiger partial charge on any atom is -0.402 e. The van der Waals surface area contributed by atoms with Crippen LogP contribution in [0.4, 0.5) is 11.5 Å². The van der Waals surface area contributed by atoms with Crippen LogP contribution in [0.5, 0.6) is 0 Å². The van der Waals surface area contributed by atoms with Gasteiger partial charge in [-0.2, -0.15) is 0 Å². The second-order valence-corrected chi connectivity index (χ2v) is 7.30. The van der Waals surface area contributed by atoms with E-state index in [1.807, 2.05) is 6.92 Å². The van der Waals surface area contributed by atoms with Crippen LogP contribution in [-0.4, -0.2) is 31.3 Å². The fourth-order valence-corrected chi connectivity index (χ4v) is 3.68. The number of pyridine rings is 1. The molecule has 0 aliphatic carbocycles. The second-order valence-electron chi connectivity index (χ2n) is 7.30. The molecule has 1 aliphatic rings. The number of anilines is 2. The van der Waals surface area contributed by atoms with Gasteiger partial charge in [-0.3, -0.25) is 0 Å². The summed E-state index contributed by atoms with van der Waals surface area (Å²) in [5.41, 5.74) is 11.3. The smallest absolute Gasteiger partial charge is 0.158 e. The van der Waals surface area contributed by atoms with Gasteiger partial charge in [0, 0.05) is 38.1 Å². The Labute approximate surface area is 173 Å². The molecule has 29 heavy (non-hydrogen) atoms. The Morgan fingerprint density at radius 2 is 2.07 bits per heavy atom. The number of aliphatic imine (C=N–C) groups is 1. The summed E-state index contributed by atoms with van der Waals surface area (Å²) in [6, 6.07) is 10.6. The molecule has 0 fully saturated rings. The highest BCUT2D eigenvalue weighted by molar-refractivity contribution is 5.78. The lowest BCUT2D eigenvalue weighted by atomic mass is 10.1. The van der Waals surface area contributed by atoms with E-state index in [0.29, 0.717) is 11.6 Å². The Bertz CT molecular complexity index is 960. The summed E-state index contributed by atoms with van der Waals surface area (Å²) in [7, 11) is 2.12. The van der Waals surface area contributed by atoms with E-state index in [9.17, 15) is 0 Å². The normalized spacial score (nSPS) is 14.7. The fourth-order valence-electron chi connectivity index (χ4n) is 3.68. The molecule has 0 atom stereocenters. The molecule has 0 spiro atoms. The zero-order valence-corrected chi connectivity index (χ0v) is 17.7. The number of benzene rings is 1. The van der Waals surface area contributed by atoms with Gasteiger partial charge in [-0.25, -0.2) is 9.98 Å². The first-order valence-electron chi connectivity index (χ1n) is 9.88. The van der Waals surface area contributed by atoms with E-state index in [1.54, 1.807) is 6.21 Å². The number of fused-ring (bicyclic) bond motifs is 1. The third-order valence-electron chi connectivity index (χ3n) is 5.02. The van der Waals surface area contributed by atoms with Crippen LogP contribution in [0.1, 0.15) is 24.5 Å². The molecule has 0 saturated carbocycles. The quantitative estimate of drug-likeness (QED) is 0.757. The van der Waals surface area contributed by atoms with Gasteiger partial charge in [0.15, 0.2) is 5.82 Å². The number of nitrogens with one attached hydrogen (secondary N) is 1. The Morgan fingerprint density at radius 3 is 2.76 bits per heavy atom. The maximum atomic E-state index is 5.70. The first kappa shape index (κ1) is 20.5. The van der Waals surface area contributed by atoms with Crippen LogP contribution in [0.25, 0.3) is 11.3 Å². The maximum absolute atomic E-state index is 5.70. The average Bonchev–Trinajstić information content (AvgIpc) is 2.86. The number of nitrogens with two attached hydrogens (primary N) is 1. The summed E-state index contributed by atoms with van der Waals surface area (Å²) in [6.07, 6.45) is 4.13. The molecular weight excluding hydrogens is 360 g/mol. The number of nitrogens with zero attached hydrogens (tertiary/aromatic N) is 4. The summed E-state index contributed by atoms with van der Waals surface area (Å²) in [4.78, 5) is 13.7. The van der Waals surface area contributed by atoms with E-state index in [1.165, 1.54) is 17.3 Å². The first-order chi connectivity index (χ1) is 13.9. The topological polar surface area (TPSA) is 69.8 Å². The van der Waals surface area contributed by atoms with Crippen molar-refractivity contribution in [2.45, 2.75) is 27.2 Å². The van der Waals surface area contributed by atoms with Crippen LogP contribution in [0.2, 0.25) is 0 Å². The number of hydrogen-bond donors (Lipinski definition) is 2. The van der Waals surface area contributed by atoms with Gasteiger partial charge in [0.05, 0.1) is 11.4 Å². The van der Waals surface area contributed by atoms with Gasteiger partial charge in [-0.1, -0.05) is 30.3 Å². The molecule has 6 heteroatoms. The van der Waals surface area contributed by atoms with Gasteiger partial charge in [-0.15, -0.1) is 0 Å². The molecule has 0 unspecified atom stereocenters. The van der Waals surface area contributed by atoms with Crippen LogP contribution < -0.4 is 20.9 Å². The average molecular weight is 391 g/mol. The highest BCUT2D eigenvalue weighted by Gasteiger charge is 2.25. The molecule has 2 heterocycles. The van der Waals surface area contributed by atoms with Crippen molar-refractivity contribution < 1.29 is 0 Å². The van der Waals surface area contributed by atoms with Crippen LogP contribution in [-0.2, 0) is 0 Å². The predicted octanol–water partition coefficient (Wildman–Crippen LogP) is 3.92. The minimum atomic E-state index is 0.559. The number of aryl methyl sites for hydroxylation is 2. The van der Waals surface area contributed by atoms with Crippen molar-refractivity contribution in [1.82, 2.24) is 10.3 Å². The Kier molecular flexibility index (Phi) is 6.22. The van der Waals surface area contributed by atoms with Crippen molar-refractivity contribution in [2.75, 3.05) is 29.9 Å². The lowest BCUT2D eigenvalue weighted by Crippen LogP contribution is -2.32. The summed E-state index contributed by atoms with van der Waals surface area (Å²) in [5.74, 6) is 2.16. The molecule has 0 saturated heterocycles. The van der Waals surface area contributed by atoms with Crippen molar-refractivity contribution in [3.05, 3.63) is 65.9 Å². The van der Waals surface area contributed by atoms with E-state index in [4.69, 9.17) is 10.7 Å². The van der Waals surface area contributed by atoms with Crippen LogP contribution in [0.3, 0.4) is 0 Å². The molecular formula is C23H30N6. The zero-order chi connectivity index (χ0) is 21.0. The second kappa shape index (κ2) is 8.82. The molecule has 2 aromatic rings. The van der Waals surface area contributed by atoms with Crippen molar-refractivity contribution in [3.8, 4) is 11.3 Å². The lowest BCUT2D eigenvalue weighted by molar-refractivity contribution is 0.756. The van der Waals surface area contributed by atoms with E-state index < -0.39 is 0 Å².